The standard InChI is InChI=1S/C15H21BrClNO2/c1-10-6-13(16)15(14(17)7-10)19-5-4-18-8-11(2)20-12(3)9-18/h6-7,11-12H,4-5,8-9H2,1-3H3/p+1/t11-,12-/m0/s1. The van der Waals surface area contributed by atoms with Crippen molar-refractivity contribution in [1.29, 1.82) is 0 Å². The summed E-state index contributed by atoms with van der Waals surface area (Å²) in [4.78, 5) is 1.52. The Morgan fingerprint density at radius 1 is 1.35 bits per heavy atom. The molecule has 112 valence electrons. The number of ether oxygens (including phenoxy) is 2. The maximum atomic E-state index is 6.22. The van der Waals surface area contributed by atoms with Crippen LogP contribution in [0.2, 0.25) is 5.02 Å². The van der Waals surface area contributed by atoms with Crippen LogP contribution in [0, 0.1) is 6.92 Å². The van der Waals surface area contributed by atoms with Gasteiger partial charge in [-0.25, -0.2) is 0 Å². The lowest BCUT2D eigenvalue weighted by Crippen LogP contribution is -3.16. The highest BCUT2D eigenvalue weighted by molar-refractivity contribution is 9.10. The van der Waals surface area contributed by atoms with Crippen LogP contribution in [0.1, 0.15) is 19.4 Å². The summed E-state index contributed by atoms with van der Waals surface area (Å²) in [5.41, 5.74) is 1.12. The van der Waals surface area contributed by atoms with Crippen LogP contribution in [0.25, 0.3) is 0 Å². The third-order valence-corrected chi connectivity index (χ3v) is 4.33. The van der Waals surface area contributed by atoms with Gasteiger partial charge >= 0.3 is 0 Å². The predicted molar refractivity (Wildman–Crippen MR) is 85.0 cm³/mol. The molecule has 1 aromatic carbocycles. The molecular formula is C15H22BrClNO2+. The van der Waals surface area contributed by atoms with Crippen molar-refractivity contribution in [3.05, 3.63) is 27.2 Å². The van der Waals surface area contributed by atoms with Crippen LogP contribution in [0.5, 0.6) is 5.75 Å². The Morgan fingerprint density at radius 2 is 2.00 bits per heavy atom. The van der Waals surface area contributed by atoms with Gasteiger partial charge in [-0.05, 0) is 54.4 Å². The van der Waals surface area contributed by atoms with Gasteiger partial charge in [0.2, 0.25) is 0 Å². The van der Waals surface area contributed by atoms with E-state index in [1.54, 1.807) is 0 Å². The van der Waals surface area contributed by atoms with Crippen molar-refractivity contribution in [2.24, 2.45) is 0 Å². The minimum Gasteiger partial charge on any atom is -0.485 e. The molecule has 1 aliphatic rings. The second kappa shape index (κ2) is 7.12. The third kappa shape index (κ3) is 4.35. The molecule has 0 aliphatic carbocycles. The highest BCUT2D eigenvalue weighted by atomic mass is 79.9. The SMILES string of the molecule is Cc1cc(Cl)c(OCC[NH+]2C[C@H](C)O[C@@H](C)C2)c(Br)c1. The van der Waals surface area contributed by atoms with Gasteiger partial charge < -0.3 is 14.4 Å². The van der Waals surface area contributed by atoms with Crippen LogP contribution in [-0.4, -0.2) is 38.4 Å². The van der Waals surface area contributed by atoms with Crippen molar-refractivity contribution in [1.82, 2.24) is 0 Å². The number of benzene rings is 1. The Morgan fingerprint density at radius 3 is 2.60 bits per heavy atom. The molecule has 0 radical (unpaired) electrons. The number of hydrogen-bond donors (Lipinski definition) is 1. The Hall–Kier alpha value is -0.290. The van der Waals surface area contributed by atoms with E-state index in [2.05, 4.69) is 29.8 Å². The molecule has 0 amide bonds. The molecule has 0 unspecified atom stereocenters. The van der Waals surface area contributed by atoms with Gasteiger partial charge in [-0.1, -0.05) is 11.6 Å². The fourth-order valence-corrected chi connectivity index (χ4v) is 3.85. The first-order valence-corrected chi connectivity index (χ1v) is 8.20. The van der Waals surface area contributed by atoms with E-state index in [0.717, 1.165) is 35.4 Å². The summed E-state index contributed by atoms with van der Waals surface area (Å²) in [5.74, 6) is 0.742. The van der Waals surface area contributed by atoms with Crippen molar-refractivity contribution < 1.29 is 14.4 Å². The van der Waals surface area contributed by atoms with Crippen LogP contribution in [-0.2, 0) is 4.74 Å². The molecule has 5 heteroatoms. The molecule has 20 heavy (non-hydrogen) atoms. The molecule has 0 spiro atoms. The molecule has 0 aromatic heterocycles. The maximum Gasteiger partial charge on any atom is 0.152 e. The lowest BCUT2D eigenvalue weighted by molar-refractivity contribution is -0.915. The summed E-state index contributed by atoms with van der Waals surface area (Å²) in [7, 11) is 0. The van der Waals surface area contributed by atoms with E-state index in [-0.39, 0.29) is 0 Å². The fraction of sp³-hybridized carbons (Fsp3) is 0.600. The average Bonchev–Trinajstić information content (AvgIpc) is 2.31. The fourth-order valence-electron chi connectivity index (χ4n) is 2.72. The predicted octanol–water partition coefficient (Wildman–Crippen LogP) is 2.48. The molecule has 2 rings (SSSR count). The van der Waals surface area contributed by atoms with Gasteiger partial charge in [0.05, 0.1) is 9.50 Å². The summed E-state index contributed by atoms with van der Waals surface area (Å²) in [5, 5.41) is 0.663. The van der Waals surface area contributed by atoms with Crippen LogP contribution in [0.3, 0.4) is 0 Å². The zero-order chi connectivity index (χ0) is 14.7. The van der Waals surface area contributed by atoms with Gasteiger partial charge in [-0.3, -0.25) is 0 Å². The summed E-state index contributed by atoms with van der Waals surface area (Å²) in [6.45, 7) is 9.98. The van der Waals surface area contributed by atoms with Gasteiger partial charge in [0, 0.05) is 0 Å². The van der Waals surface area contributed by atoms with E-state index in [1.165, 1.54) is 4.90 Å². The molecular weight excluding hydrogens is 342 g/mol. The number of morpholine rings is 1. The molecule has 1 heterocycles. The van der Waals surface area contributed by atoms with E-state index in [9.17, 15) is 0 Å². The molecule has 1 aliphatic heterocycles. The normalized spacial score (nSPS) is 26.6. The number of hydrogen-bond acceptors (Lipinski definition) is 2. The van der Waals surface area contributed by atoms with Crippen molar-refractivity contribution in [2.45, 2.75) is 33.0 Å². The smallest absolute Gasteiger partial charge is 0.152 e. The highest BCUT2D eigenvalue weighted by Crippen LogP contribution is 2.34. The van der Waals surface area contributed by atoms with Crippen LogP contribution in [0.4, 0.5) is 0 Å². The van der Waals surface area contributed by atoms with Gasteiger partial charge in [0.25, 0.3) is 0 Å². The number of nitrogens with one attached hydrogen (secondary N) is 1. The minimum atomic E-state index is 0.323. The van der Waals surface area contributed by atoms with Gasteiger partial charge in [0.1, 0.15) is 38.4 Å². The number of quaternary nitrogens is 1. The Bertz CT molecular complexity index is 436. The molecule has 1 N–H and O–H groups in total. The highest BCUT2D eigenvalue weighted by Gasteiger charge is 2.25. The average molecular weight is 364 g/mol. The van der Waals surface area contributed by atoms with Gasteiger partial charge in [-0.2, -0.15) is 0 Å². The Labute approximate surface area is 134 Å². The molecule has 1 aromatic rings. The van der Waals surface area contributed by atoms with E-state index in [1.807, 2.05) is 19.1 Å². The molecule has 2 atom stereocenters. The number of rotatable bonds is 4. The Balaban J connectivity index is 1.87. The van der Waals surface area contributed by atoms with Crippen LogP contribution < -0.4 is 9.64 Å². The van der Waals surface area contributed by atoms with E-state index in [0.29, 0.717) is 23.8 Å². The molecule has 0 bridgehead atoms. The second-order valence-electron chi connectivity index (χ2n) is 5.57. The first-order valence-electron chi connectivity index (χ1n) is 7.03. The quantitative estimate of drug-likeness (QED) is 0.888. The largest absolute Gasteiger partial charge is 0.485 e. The zero-order valence-electron chi connectivity index (χ0n) is 12.2. The molecule has 1 saturated heterocycles. The molecule has 1 fully saturated rings. The van der Waals surface area contributed by atoms with Gasteiger partial charge in [-0.15, -0.1) is 0 Å². The van der Waals surface area contributed by atoms with Gasteiger partial charge in [0.15, 0.2) is 5.75 Å². The van der Waals surface area contributed by atoms with E-state index < -0.39 is 0 Å². The second-order valence-corrected chi connectivity index (χ2v) is 6.83. The monoisotopic (exact) mass is 362 g/mol. The van der Waals surface area contributed by atoms with E-state index in [4.69, 9.17) is 21.1 Å². The first kappa shape index (κ1) is 16.1. The third-order valence-electron chi connectivity index (χ3n) is 3.46. The number of halogens is 2. The van der Waals surface area contributed by atoms with E-state index >= 15 is 0 Å². The summed E-state index contributed by atoms with van der Waals surface area (Å²) < 4.78 is 12.5. The summed E-state index contributed by atoms with van der Waals surface area (Å²) in [6.07, 6.45) is 0.645. The van der Waals surface area contributed by atoms with Crippen molar-refractivity contribution >= 4 is 27.5 Å². The summed E-state index contributed by atoms with van der Waals surface area (Å²) in [6, 6.07) is 3.94. The molecule has 0 saturated carbocycles. The number of aryl methyl sites for hydroxylation is 1. The molecule has 3 nitrogen and oxygen atoms in total. The van der Waals surface area contributed by atoms with Crippen molar-refractivity contribution in [3.8, 4) is 5.75 Å². The maximum absolute atomic E-state index is 6.22. The lowest BCUT2D eigenvalue weighted by atomic mass is 10.2. The van der Waals surface area contributed by atoms with Crippen molar-refractivity contribution in [2.75, 3.05) is 26.2 Å². The first-order chi connectivity index (χ1) is 9.45. The summed E-state index contributed by atoms with van der Waals surface area (Å²) >= 11 is 9.73. The van der Waals surface area contributed by atoms with Crippen LogP contribution in [0.15, 0.2) is 16.6 Å². The van der Waals surface area contributed by atoms with Crippen LogP contribution >= 0.6 is 27.5 Å². The Kier molecular flexibility index (Phi) is 5.73. The van der Waals surface area contributed by atoms with Crippen molar-refractivity contribution in [3.63, 3.8) is 0 Å². The minimum absolute atomic E-state index is 0.323. The lowest BCUT2D eigenvalue weighted by Gasteiger charge is -2.32. The topological polar surface area (TPSA) is 22.9 Å². The zero-order valence-corrected chi connectivity index (χ0v) is 14.6.